The first-order chi connectivity index (χ1) is 8.66. The van der Waals surface area contributed by atoms with E-state index in [1.807, 2.05) is 12.1 Å². The van der Waals surface area contributed by atoms with Gasteiger partial charge in [0.25, 0.3) is 0 Å². The number of hydrogen-bond acceptors (Lipinski definition) is 2. The molecular weight excluding hydrogens is 293 g/mol. The zero-order valence-corrected chi connectivity index (χ0v) is 11.2. The molecule has 0 N–H and O–H groups in total. The van der Waals surface area contributed by atoms with Crippen molar-refractivity contribution in [3.8, 4) is 5.69 Å². The van der Waals surface area contributed by atoms with Gasteiger partial charge >= 0.3 is 0 Å². The number of aromatic nitrogens is 3. The smallest absolute Gasteiger partial charge is 0.150 e. The summed E-state index contributed by atoms with van der Waals surface area (Å²) in [5, 5.41) is 2.29. The highest BCUT2D eigenvalue weighted by Gasteiger charge is 2.12. The maximum absolute atomic E-state index is 6.22. The summed E-state index contributed by atoms with van der Waals surface area (Å²) in [6, 6.07) is 9.06. The molecule has 0 spiro atoms. The minimum atomic E-state index is 0.384. The van der Waals surface area contributed by atoms with Crippen LogP contribution in [0.1, 0.15) is 0 Å². The summed E-state index contributed by atoms with van der Waals surface area (Å²) in [4.78, 5) is 8.14. The van der Waals surface area contributed by atoms with Gasteiger partial charge in [0.15, 0.2) is 5.65 Å². The molecule has 90 valence electrons. The lowest BCUT2D eigenvalue weighted by molar-refractivity contribution is 1.08. The lowest BCUT2D eigenvalue weighted by Crippen LogP contribution is -1.95. The molecule has 6 heteroatoms. The van der Waals surface area contributed by atoms with Gasteiger partial charge in [0.2, 0.25) is 0 Å². The number of halogens is 3. The van der Waals surface area contributed by atoms with Gasteiger partial charge in [0.1, 0.15) is 16.6 Å². The summed E-state index contributed by atoms with van der Waals surface area (Å²) in [5.74, 6) is 0. The topological polar surface area (TPSA) is 30.7 Å². The number of benzene rings is 1. The zero-order valence-electron chi connectivity index (χ0n) is 8.94. The van der Waals surface area contributed by atoms with E-state index < -0.39 is 0 Å². The summed E-state index contributed by atoms with van der Waals surface area (Å²) in [7, 11) is 0. The van der Waals surface area contributed by atoms with Gasteiger partial charge in [0, 0.05) is 10.7 Å². The Hall–Kier alpha value is -1.29. The van der Waals surface area contributed by atoms with E-state index in [1.165, 1.54) is 6.33 Å². The first-order valence-corrected chi connectivity index (χ1v) is 6.23. The molecule has 0 fully saturated rings. The van der Waals surface area contributed by atoms with Crippen LogP contribution < -0.4 is 0 Å². The van der Waals surface area contributed by atoms with Crippen molar-refractivity contribution in [1.29, 1.82) is 0 Å². The molecule has 0 atom stereocenters. The van der Waals surface area contributed by atoms with Crippen molar-refractivity contribution < 1.29 is 0 Å². The zero-order chi connectivity index (χ0) is 12.7. The van der Waals surface area contributed by atoms with Crippen molar-refractivity contribution in [2.45, 2.75) is 0 Å². The molecule has 0 amide bonds. The highest BCUT2D eigenvalue weighted by Crippen LogP contribution is 2.29. The van der Waals surface area contributed by atoms with Gasteiger partial charge in [-0.15, -0.1) is 0 Å². The predicted octanol–water partition coefficient (Wildman–Crippen LogP) is 4.38. The van der Waals surface area contributed by atoms with Gasteiger partial charge < -0.3 is 0 Å². The molecule has 18 heavy (non-hydrogen) atoms. The fourth-order valence-corrected chi connectivity index (χ4v) is 2.38. The van der Waals surface area contributed by atoms with Gasteiger partial charge in [0.05, 0.1) is 5.39 Å². The molecule has 1 aromatic carbocycles. The summed E-state index contributed by atoms with van der Waals surface area (Å²) in [5.41, 5.74) is 1.54. The molecule has 0 saturated heterocycles. The van der Waals surface area contributed by atoms with Gasteiger partial charge in [-0.25, -0.2) is 9.97 Å². The van der Waals surface area contributed by atoms with Gasteiger partial charge in [-0.2, -0.15) is 0 Å². The monoisotopic (exact) mass is 297 g/mol. The van der Waals surface area contributed by atoms with Crippen LogP contribution in [-0.2, 0) is 0 Å². The molecule has 0 saturated carbocycles. The Balaban J connectivity index is 2.32. The third kappa shape index (κ3) is 1.85. The number of nitrogens with zero attached hydrogens (tertiary/aromatic N) is 3. The molecule has 3 nitrogen and oxygen atoms in total. The lowest BCUT2D eigenvalue weighted by Gasteiger charge is -2.06. The van der Waals surface area contributed by atoms with Crippen LogP contribution >= 0.6 is 34.8 Å². The van der Waals surface area contributed by atoms with E-state index in [0.29, 0.717) is 21.0 Å². The van der Waals surface area contributed by atoms with Crippen LogP contribution in [0.5, 0.6) is 0 Å². The Morgan fingerprint density at radius 1 is 0.944 bits per heavy atom. The second-order valence-electron chi connectivity index (χ2n) is 3.68. The van der Waals surface area contributed by atoms with Crippen molar-refractivity contribution in [1.82, 2.24) is 14.5 Å². The van der Waals surface area contributed by atoms with Crippen molar-refractivity contribution in [3.63, 3.8) is 0 Å². The molecule has 0 aliphatic carbocycles. The summed E-state index contributed by atoms with van der Waals surface area (Å²) < 4.78 is 1.79. The quantitative estimate of drug-likeness (QED) is 0.624. The van der Waals surface area contributed by atoms with E-state index >= 15 is 0 Å². The van der Waals surface area contributed by atoms with Crippen LogP contribution in [0.2, 0.25) is 15.3 Å². The van der Waals surface area contributed by atoms with E-state index in [4.69, 9.17) is 34.8 Å². The third-order valence-corrected chi connectivity index (χ3v) is 3.42. The van der Waals surface area contributed by atoms with Gasteiger partial charge in [-0.05, 0) is 30.3 Å². The molecule has 0 bridgehead atoms. The molecule has 2 heterocycles. The molecule has 3 rings (SSSR count). The highest BCUT2D eigenvalue weighted by molar-refractivity contribution is 6.36. The predicted molar refractivity (Wildman–Crippen MR) is 73.9 cm³/mol. The maximum atomic E-state index is 6.22. The van der Waals surface area contributed by atoms with Crippen molar-refractivity contribution in [2.24, 2.45) is 0 Å². The average Bonchev–Trinajstić information content (AvgIpc) is 2.69. The maximum Gasteiger partial charge on any atom is 0.150 e. The van der Waals surface area contributed by atoms with Crippen molar-refractivity contribution >= 4 is 45.8 Å². The molecular formula is C12H6Cl3N3. The van der Waals surface area contributed by atoms with Crippen LogP contribution in [-0.4, -0.2) is 14.5 Å². The Morgan fingerprint density at radius 2 is 1.67 bits per heavy atom. The Kier molecular flexibility index (Phi) is 2.90. The van der Waals surface area contributed by atoms with E-state index in [0.717, 1.165) is 11.1 Å². The first-order valence-electron chi connectivity index (χ1n) is 5.10. The van der Waals surface area contributed by atoms with E-state index in [-0.39, 0.29) is 0 Å². The van der Waals surface area contributed by atoms with E-state index in [2.05, 4.69) is 9.97 Å². The summed E-state index contributed by atoms with van der Waals surface area (Å²) in [6.07, 6.45) is 1.41. The summed E-state index contributed by atoms with van der Waals surface area (Å²) >= 11 is 18.1. The van der Waals surface area contributed by atoms with Crippen molar-refractivity contribution in [3.05, 3.63) is 52.0 Å². The van der Waals surface area contributed by atoms with Crippen LogP contribution in [0, 0.1) is 0 Å². The second kappa shape index (κ2) is 4.43. The van der Waals surface area contributed by atoms with E-state index in [1.54, 1.807) is 22.8 Å². The lowest BCUT2D eigenvalue weighted by atomic mass is 10.3. The number of fused-ring (bicyclic) bond motifs is 1. The van der Waals surface area contributed by atoms with E-state index in [9.17, 15) is 0 Å². The van der Waals surface area contributed by atoms with Gasteiger partial charge in [-0.1, -0.05) is 34.8 Å². The molecule has 0 aliphatic heterocycles. The standard InChI is InChI=1S/C12H6Cl3N3/c13-7-1-3-8(4-2-7)18-10(14)5-9-11(15)16-6-17-12(9)18/h1-6H. The highest BCUT2D eigenvalue weighted by atomic mass is 35.5. The van der Waals surface area contributed by atoms with Gasteiger partial charge in [-0.3, -0.25) is 4.57 Å². The first kappa shape index (κ1) is 11.8. The SMILES string of the molecule is Clc1ccc(-n2c(Cl)cc3c(Cl)ncnc32)cc1. The van der Waals surface area contributed by atoms with Crippen LogP contribution in [0.25, 0.3) is 16.7 Å². The number of rotatable bonds is 1. The minimum absolute atomic E-state index is 0.384. The molecule has 3 aromatic rings. The van der Waals surface area contributed by atoms with Crippen LogP contribution in [0.3, 0.4) is 0 Å². The Bertz CT molecular complexity index is 719. The molecule has 0 aliphatic rings. The molecule has 0 radical (unpaired) electrons. The summed E-state index contributed by atoms with van der Waals surface area (Å²) in [6.45, 7) is 0. The van der Waals surface area contributed by atoms with Crippen LogP contribution in [0.15, 0.2) is 36.7 Å². The number of hydrogen-bond donors (Lipinski definition) is 0. The Labute approximate surface area is 118 Å². The molecule has 0 unspecified atom stereocenters. The van der Waals surface area contributed by atoms with Crippen LogP contribution in [0.4, 0.5) is 0 Å². The largest absolute Gasteiger partial charge is 0.284 e. The molecule has 2 aromatic heterocycles. The normalized spacial score (nSPS) is 11.1. The minimum Gasteiger partial charge on any atom is -0.284 e. The Morgan fingerprint density at radius 3 is 2.39 bits per heavy atom. The second-order valence-corrected chi connectivity index (χ2v) is 4.86. The third-order valence-electron chi connectivity index (χ3n) is 2.59. The van der Waals surface area contributed by atoms with Crippen molar-refractivity contribution in [2.75, 3.05) is 0 Å². The average molecular weight is 299 g/mol. The fourth-order valence-electron chi connectivity index (χ4n) is 1.79. The fraction of sp³-hybridized carbons (Fsp3) is 0.